The van der Waals surface area contributed by atoms with Crippen LogP contribution in [0.1, 0.15) is 57.6 Å². The molecule has 0 aliphatic heterocycles. The molecule has 0 saturated carbocycles. The van der Waals surface area contributed by atoms with Crippen LogP contribution >= 0.6 is 0 Å². The van der Waals surface area contributed by atoms with E-state index in [2.05, 4.69) is 22.8 Å². The molecule has 2 aromatic carbocycles. The van der Waals surface area contributed by atoms with Gasteiger partial charge in [-0.1, -0.05) is 75.7 Å². The molecule has 3 N–H and O–H groups in total. The van der Waals surface area contributed by atoms with E-state index in [1.807, 2.05) is 50.2 Å². The minimum Gasteiger partial charge on any atom is -0.480 e. The lowest BCUT2D eigenvalue weighted by Crippen LogP contribution is -2.59. The standard InChI is InChI=1S/C26H32N2O5/c1-5-16(3)22(23(29)28-26(4,6-2)24(30)31)27-25(32)33-15-21-19-13-9-7-11-17(19)18-12-8-10-14-20(18)21/h7-14,16,21-22H,5-6,15H2,1-4H3,(H,27,32)(H,28,29)(H,30,31)/t16-,22-,26?/m0/s1. The van der Waals surface area contributed by atoms with Crippen molar-refractivity contribution in [3.8, 4) is 11.1 Å². The smallest absolute Gasteiger partial charge is 0.407 e. The highest BCUT2D eigenvalue weighted by molar-refractivity contribution is 5.91. The van der Waals surface area contributed by atoms with Crippen LogP contribution in [-0.2, 0) is 14.3 Å². The normalized spacial score (nSPS) is 16.0. The number of carbonyl (C=O) groups excluding carboxylic acids is 2. The number of aliphatic carboxylic acids is 1. The van der Waals surface area contributed by atoms with Crippen molar-refractivity contribution in [2.75, 3.05) is 6.61 Å². The van der Waals surface area contributed by atoms with E-state index in [0.29, 0.717) is 6.42 Å². The summed E-state index contributed by atoms with van der Waals surface area (Å²) < 4.78 is 5.57. The quantitative estimate of drug-likeness (QED) is 0.526. The van der Waals surface area contributed by atoms with Crippen LogP contribution in [0.4, 0.5) is 4.79 Å². The van der Waals surface area contributed by atoms with Crippen molar-refractivity contribution >= 4 is 18.0 Å². The minimum absolute atomic E-state index is 0.0885. The fourth-order valence-corrected chi connectivity index (χ4v) is 4.11. The predicted molar refractivity (Wildman–Crippen MR) is 126 cm³/mol. The fourth-order valence-electron chi connectivity index (χ4n) is 4.11. The van der Waals surface area contributed by atoms with Crippen LogP contribution in [0.15, 0.2) is 48.5 Å². The maximum absolute atomic E-state index is 12.9. The highest BCUT2D eigenvalue weighted by Gasteiger charge is 2.37. The van der Waals surface area contributed by atoms with Crippen molar-refractivity contribution < 1.29 is 24.2 Å². The molecule has 1 aliphatic rings. The largest absolute Gasteiger partial charge is 0.480 e. The zero-order chi connectivity index (χ0) is 24.2. The second-order valence-electron chi connectivity index (χ2n) is 8.81. The first-order valence-corrected chi connectivity index (χ1v) is 11.4. The molecule has 0 saturated heterocycles. The summed E-state index contributed by atoms with van der Waals surface area (Å²) >= 11 is 0. The van der Waals surface area contributed by atoms with E-state index in [-0.39, 0.29) is 24.9 Å². The van der Waals surface area contributed by atoms with Crippen LogP contribution in [0, 0.1) is 5.92 Å². The average molecular weight is 453 g/mol. The van der Waals surface area contributed by atoms with E-state index >= 15 is 0 Å². The van der Waals surface area contributed by atoms with Crippen molar-refractivity contribution in [3.63, 3.8) is 0 Å². The van der Waals surface area contributed by atoms with Crippen molar-refractivity contribution in [1.29, 1.82) is 0 Å². The summed E-state index contributed by atoms with van der Waals surface area (Å²) in [5.41, 5.74) is 3.05. The lowest BCUT2D eigenvalue weighted by Gasteiger charge is -2.30. The highest BCUT2D eigenvalue weighted by Crippen LogP contribution is 2.44. The fraction of sp³-hybridized carbons (Fsp3) is 0.423. The van der Waals surface area contributed by atoms with Gasteiger partial charge in [0.05, 0.1) is 0 Å². The number of hydrogen-bond donors (Lipinski definition) is 3. The van der Waals surface area contributed by atoms with Gasteiger partial charge in [-0.05, 0) is 41.5 Å². The number of carbonyl (C=O) groups is 3. The Balaban J connectivity index is 1.70. The molecule has 0 aromatic heterocycles. The summed E-state index contributed by atoms with van der Waals surface area (Å²) in [5.74, 6) is -1.96. The number of rotatable bonds is 9. The second kappa shape index (κ2) is 10.1. The van der Waals surface area contributed by atoms with Crippen molar-refractivity contribution in [1.82, 2.24) is 10.6 Å². The van der Waals surface area contributed by atoms with Gasteiger partial charge in [-0.3, -0.25) is 4.79 Å². The van der Waals surface area contributed by atoms with Crippen LogP contribution in [0.25, 0.3) is 11.1 Å². The maximum atomic E-state index is 12.9. The molecule has 0 radical (unpaired) electrons. The Morgan fingerprint density at radius 3 is 2.06 bits per heavy atom. The molecule has 3 atom stereocenters. The van der Waals surface area contributed by atoms with Crippen LogP contribution in [0.5, 0.6) is 0 Å². The number of ether oxygens (including phenoxy) is 1. The Morgan fingerprint density at radius 1 is 1.03 bits per heavy atom. The number of amides is 2. The Hall–Kier alpha value is -3.35. The van der Waals surface area contributed by atoms with E-state index in [0.717, 1.165) is 22.3 Å². The number of hydrogen-bond acceptors (Lipinski definition) is 4. The second-order valence-corrected chi connectivity index (χ2v) is 8.81. The van der Waals surface area contributed by atoms with Crippen LogP contribution in [-0.4, -0.2) is 41.3 Å². The number of carboxylic acid groups (broad SMARTS) is 1. The number of fused-ring (bicyclic) bond motifs is 3. The predicted octanol–water partition coefficient (Wildman–Crippen LogP) is 4.31. The molecular weight excluding hydrogens is 420 g/mol. The molecule has 0 fully saturated rings. The summed E-state index contributed by atoms with van der Waals surface area (Å²) in [6.45, 7) is 7.01. The summed E-state index contributed by atoms with van der Waals surface area (Å²) in [5, 5.41) is 14.7. The Kier molecular flexibility index (Phi) is 7.41. The number of alkyl carbamates (subject to hydrolysis) is 1. The minimum atomic E-state index is -1.41. The van der Waals surface area contributed by atoms with Crippen LogP contribution < -0.4 is 10.6 Å². The lowest BCUT2D eigenvalue weighted by molar-refractivity contribution is -0.147. The monoisotopic (exact) mass is 452 g/mol. The molecule has 0 heterocycles. The van der Waals surface area contributed by atoms with Crippen molar-refractivity contribution in [2.45, 2.75) is 58.0 Å². The third kappa shape index (κ3) is 5.02. The summed E-state index contributed by atoms with van der Waals surface area (Å²) in [6, 6.07) is 15.2. The van der Waals surface area contributed by atoms with Gasteiger partial charge in [0.25, 0.3) is 0 Å². The van der Waals surface area contributed by atoms with Gasteiger partial charge in [-0.25, -0.2) is 9.59 Å². The number of nitrogens with one attached hydrogen (secondary N) is 2. The van der Waals surface area contributed by atoms with Gasteiger partial charge >= 0.3 is 12.1 Å². The first-order chi connectivity index (χ1) is 15.7. The van der Waals surface area contributed by atoms with Crippen molar-refractivity contribution in [3.05, 3.63) is 59.7 Å². The molecule has 0 spiro atoms. The molecule has 7 heteroatoms. The number of carboxylic acids is 1. The lowest BCUT2D eigenvalue weighted by atomic mass is 9.94. The molecule has 2 amide bonds. The number of benzene rings is 2. The van der Waals surface area contributed by atoms with Gasteiger partial charge in [0.2, 0.25) is 5.91 Å². The van der Waals surface area contributed by atoms with Gasteiger partial charge < -0.3 is 20.5 Å². The SMILES string of the molecule is CC[C@H](C)[C@H](NC(=O)OCC1c2ccccc2-c2ccccc21)C(=O)NC(C)(CC)C(=O)O. The molecule has 2 aromatic rings. The third-order valence-corrected chi connectivity index (χ3v) is 6.69. The van der Waals surface area contributed by atoms with Gasteiger partial charge in [0, 0.05) is 5.92 Å². The van der Waals surface area contributed by atoms with Gasteiger partial charge in [-0.15, -0.1) is 0 Å². The molecule has 1 unspecified atom stereocenters. The molecule has 33 heavy (non-hydrogen) atoms. The summed E-state index contributed by atoms with van der Waals surface area (Å²) in [6.07, 6.45) is 0.134. The summed E-state index contributed by atoms with van der Waals surface area (Å²) in [4.78, 5) is 37.2. The third-order valence-electron chi connectivity index (χ3n) is 6.69. The van der Waals surface area contributed by atoms with E-state index < -0.39 is 29.6 Å². The van der Waals surface area contributed by atoms with E-state index in [1.165, 1.54) is 6.92 Å². The molecule has 7 nitrogen and oxygen atoms in total. The Bertz CT molecular complexity index is 991. The highest BCUT2D eigenvalue weighted by atomic mass is 16.5. The molecule has 176 valence electrons. The van der Waals surface area contributed by atoms with E-state index in [9.17, 15) is 19.5 Å². The first-order valence-electron chi connectivity index (χ1n) is 11.4. The molecule has 3 rings (SSSR count). The van der Waals surface area contributed by atoms with Gasteiger partial charge in [0.1, 0.15) is 18.2 Å². The van der Waals surface area contributed by atoms with Gasteiger partial charge in [-0.2, -0.15) is 0 Å². The first kappa shape index (κ1) is 24.3. The van der Waals surface area contributed by atoms with Crippen LogP contribution in [0.2, 0.25) is 0 Å². The van der Waals surface area contributed by atoms with Gasteiger partial charge in [0.15, 0.2) is 0 Å². The molecule has 0 bridgehead atoms. The zero-order valence-electron chi connectivity index (χ0n) is 19.6. The van der Waals surface area contributed by atoms with E-state index in [4.69, 9.17) is 4.74 Å². The molecular formula is C26H32N2O5. The maximum Gasteiger partial charge on any atom is 0.407 e. The Morgan fingerprint density at radius 2 is 1.58 bits per heavy atom. The van der Waals surface area contributed by atoms with E-state index in [1.54, 1.807) is 6.92 Å². The Labute approximate surface area is 194 Å². The topological polar surface area (TPSA) is 105 Å². The summed E-state index contributed by atoms with van der Waals surface area (Å²) in [7, 11) is 0. The molecule has 1 aliphatic carbocycles. The van der Waals surface area contributed by atoms with Crippen LogP contribution in [0.3, 0.4) is 0 Å². The average Bonchev–Trinajstić information content (AvgIpc) is 3.14. The zero-order valence-corrected chi connectivity index (χ0v) is 19.6. The van der Waals surface area contributed by atoms with Crippen molar-refractivity contribution in [2.24, 2.45) is 5.92 Å².